The first-order valence-corrected chi connectivity index (χ1v) is 6.85. The largest absolute Gasteiger partial charge is 0.380 e. The van der Waals surface area contributed by atoms with Crippen LogP contribution in [0.25, 0.3) is 0 Å². The highest BCUT2D eigenvalue weighted by Gasteiger charge is 2.11. The summed E-state index contributed by atoms with van der Waals surface area (Å²) in [5.41, 5.74) is 0.405. The van der Waals surface area contributed by atoms with Crippen molar-refractivity contribution in [1.29, 1.82) is 0 Å². The Morgan fingerprint density at radius 2 is 2.11 bits per heavy atom. The van der Waals surface area contributed by atoms with Gasteiger partial charge in [0.2, 0.25) is 0 Å². The molecule has 4 nitrogen and oxygen atoms in total. The lowest BCUT2D eigenvalue weighted by Gasteiger charge is -2.18. The molecular formula is C13H22ClN3O. The Hall–Kier alpha value is -1.03. The Bertz CT molecular complexity index is 442. The molecule has 0 fully saturated rings. The van der Waals surface area contributed by atoms with Crippen molar-refractivity contribution in [2.45, 2.75) is 53.1 Å². The SMILES string of the molecule is CCCn1ncc(NC(C)CC(C)C)c(Cl)c1=O. The molecule has 1 heterocycles. The molecule has 1 rings (SSSR count). The standard InChI is InChI=1S/C13H22ClN3O/c1-5-6-17-13(18)12(14)11(8-15-17)16-10(4)7-9(2)3/h8-10,16H,5-7H2,1-4H3. The molecule has 0 bridgehead atoms. The van der Waals surface area contributed by atoms with Crippen LogP contribution in [0.3, 0.4) is 0 Å². The topological polar surface area (TPSA) is 46.9 Å². The van der Waals surface area contributed by atoms with Gasteiger partial charge in [0, 0.05) is 12.6 Å². The number of anilines is 1. The second-order valence-corrected chi connectivity index (χ2v) is 5.45. The fourth-order valence-corrected chi connectivity index (χ4v) is 2.17. The van der Waals surface area contributed by atoms with Gasteiger partial charge < -0.3 is 5.32 Å². The van der Waals surface area contributed by atoms with Crippen molar-refractivity contribution in [3.8, 4) is 0 Å². The first-order chi connectivity index (χ1) is 8.45. The molecule has 18 heavy (non-hydrogen) atoms. The third kappa shape index (κ3) is 4.02. The first kappa shape index (κ1) is 15.0. The van der Waals surface area contributed by atoms with Crippen LogP contribution in [0.5, 0.6) is 0 Å². The van der Waals surface area contributed by atoms with Gasteiger partial charge in [0.15, 0.2) is 0 Å². The summed E-state index contributed by atoms with van der Waals surface area (Å²) in [4.78, 5) is 11.9. The lowest BCUT2D eigenvalue weighted by molar-refractivity contribution is 0.537. The zero-order chi connectivity index (χ0) is 13.7. The van der Waals surface area contributed by atoms with Crippen LogP contribution in [0.1, 0.15) is 40.5 Å². The zero-order valence-electron chi connectivity index (χ0n) is 11.5. The Kier molecular flexibility index (Phi) is 5.66. The lowest BCUT2D eigenvalue weighted by Crippen LogP contribution is -2.26. The van der Waals surface area contributed by atoms with Gasteiger partial charge in [0.05, 0.1) is 11.9 Å². The van der Waals surface area contributed by atoms with E-state index >= 15 is 0 Å². The van der Waals surface area contributed by atoms with Crippen molar-refractivity contribution < 1.29 is 0 Å². The van der Waals surface area contributed by atoms with Crippen LogP contribution in [0.15, 0.2) is 11.0 Å². The van der Waals surface area contributed by atoms with E-state index < -0.39 is 0 Å². The molecule has 5 heteroatoms. The van der Waals surface area contributed by atoms with Crippen LogP contribution >= 0.6 is 11.6 Å². The van der Waals surface area contributed by atoms with Crippen molar-refractivity contribution in [3.63, 3.8) is 0 Å². The molecule has 102 valence electrons. The molecule has 1 N–H and O–H groups in total. The fourth-order valence-electron chi connectivity index (χ4n) is 1.97. The predicted octanol–water partition coefficient (Wildman–Crippen LogP) is 3.15. The highest BCUT2D eigenvalue weighted by molar-refractivity contribution is 6.32. The second kappa shape index (κ2) is 6.78. The number of nitrogens with one attached hydrogen (secondary N) is 1. The average Bonchev–Trinajstić information content (AvgIpc) is 2.28. The molecule has 0 aliphatic rings. The van der Waals surface area contributed by atoms with E-state index in [0.29, 0.717) is 18.2 Å². The Labute approximate surface area is 113 Å². The molecule has 0 aromatic carbocycles. The molecule has 1 aromatic rings. The quantitative estimate of drug-likeness (QED) is 0.865. The van der Waals surface area contributed by atoms with Crippen LogP contribution < -0.4 is 10.9 Å². The highest BCUT2D eigenvalue weighted by Crippen LogP contribution is 2.18. The lowest BCUT2D eigenvalue weighted by atomic mass is 10.1. The summed E-state index contributed by atoms with van der Waals surface area (Å²) in [6.45, 7) is 9.00. The Morgan fingerprint density at radius 1 is 1.44 bits per heavy atom. The van der Waals surface area contributed by atoms with Crippen molar-refractivity contribution in [1.82, 2.24) is 9.78 Å². The summed E-state index contributed by atoms with van der Waals surface area (Å²) in [6.07, 6.45) is 3.52. The first-order valence-electron chi connectivity index (χ1n) is 6.47. The van der Waals surface area contributed by atoms with E-state index in [1.165, 1.54) is 4.68 Å². The number of hydrogen-bond donors (Lipinski definition) is 1. The minimum absolute atomic E-state index is 0.222. The van der Waals surface area contributed by atoms with E-state index in [1.807, 2.05) is 6.92 Å². The number of rotatable bonds is 6. The molecule has 0 amide bonds. The molecule has 1 unspecified atom stereocenters. The minimum atomic E-state index is -0.222. The zero-order valence-corrected chi connectivity index (χ0v) is 12.3. The molecule has 0 saturated heterocycles. The molecule has 0 aliphatic carbocycles. The van der Waals surface area contributed by atoms with Gasteiger partial charge in [-0.25, -0.2) is 4.68 Å². The number of aromatic nitrogens is 2. The van der Waals surface area contributed by atoms with Gasteiger partial charge >= 0.3 is 0 Å². The molecule has 0 radical (unpaired) electrons. The Morgan fingerprint density at radius 3 is 2.67 bits per heavy atom. The van der Waals surface area contributed by atoms with Gasteiger partial charge in [0.25, 0.3) is 5.56 Å². The van der Waals surface area contributed by atoms with Gasteiger partial charge in [-0.1, -0.05) is 32.4 Å². The van der Waals surface area contributed by atoms with Gasteiger partial charge in [-0.15, -0.1) is 0 Å². The second-order valence-electron chi connectivity index (χ2n) is 5.08. The van der Waals surface area contributed by atoms with Crippen LogP contribution in [0, 0.1) is 5.92 Å². The molecule has 1 atom stereocenters. The van der Waals surface area contributed by atoms with E-state index in [2.05, 4.69) is 31.2 Å². The fraction of sp³-hybridized carbons (Fsp3) is 0.692. The van der Waals surface area contributed by atoms with Gasteiger partial charge in [-0.2, -0.15) is 5.10 Å². The van der Waals surface area contributed by atoms with E-state index in [0.717, 1.165) is 12.8 Å². The van der Waals surface area contributed by atoms with E-state index in [-0.39, 0.29) is 16.6 Å². The van der Waals surface area contributed by atoms with Crippen molar-refractivity contribution in [2.75, 3.05) is 5.32 Å². The summed E-state index contributed by atoms with van der Waals surface area (Å²) in [5.74, 6) is 0.597. The van der Waals surface area contributed by atoms with E-state index in [1.54, 1.807) is 6.20 Å². The molecule has 1 aromatic heterocycles. The summed E-state index contributed by atoms with van der Waals surface area (Å²) in [5, 5.41) is 7.59. The number of nitrogens with zero attached hydrogens (tertiary/aromatic N) is 2. The maximum atomic E-state index is 11.9. The monoisotopic (exact) mass is 271 g/mol. The summed E-state index contributed by atoms with van der Waals surface area (Å²) >= 11 is 6.08. The minimum Gasteiger partial charge on any atom is -0.380 e. The van der Waals surface area contributed by atoms with Gasteiger partial charge in [0.1, 0.15) is 5.02 Å². The predicted molar refractivity (Wildman–Crippen MR) is 76.3 cm³/mol. The Balaban J connectivity index is 2.85. The van der Waals surface area contributed by atoms with Crippen molar-refractivity contribution in [3.05, 3.63) is 21.6 Å². The highest BCUT2D eigenvalue weighted by atomic mass is 35.5. The van der Waals surface area contributed by atoms with Gasteiger partial charge in [-0.05, 0) is 25.7 Å². The molecule has 0 spiro atoms. The maximum absolute atomic E-state index is 11.9. The normalized spacial score (nSPS) is 12.8. The van der Waals surface area contributed by atoms with Crippen LogP contribution in [-0.2, 0) is 6.54 Å². The van der Waals surface area contributed by atoms with Crippen molar-refractivity contribution in [2.24, 2.45) is 5.92 Å². The van der Waals surface area contributed by atoms with Crippen LogP contribution in [0.2, 0.25) is 5.02 Å². The van der Waals surface area contributed by atoms with E-state index in [9.17, 15) is 4.79 Å². The number of aryl methyl sites for hydroxylation is 1. The van der Waals surface area contributed by atoms with E-state index in [4.69, 9.17) is 11.6 Å². The number of hydrogen-bond acceptors (Lipinski definition) is 3. The smallest absolute Gasteiger partial charge is 0.287 e. The third-order valence-electron chi connectivity index (χ3n) is 2.65. The molecular weight excluding hydrogens is 250 g/mol. The van der Waals surface area contributed by atoms with Crippen LogP contribution in [0.4, 0.5) is 5.69 Å². The third-order valence-corrected chi connectivity index (χ3v) is 3.01. The maximum Gasteiger partial charge on any atom is 0.287 e. The summed E-state index contributed by atoms with van der Waals surface area (Å²) in [7, 11) is 0. The van der Waals surface area contributed by atoms with Crippen LogP contribution in [-0.4, -0.2) is 15.8 Å². The van der Waals surface area contributed by atoms with Gasteiger partial charge in [-0.3, -0.25) is 4.79 Å². The molecule has 0 aliphatic heterocycles. The van der Waals surface area contributed by atoms with Crippen molar-refractivity contribution >= 4 is 17.3 Å². The molecule has 0 saturated carbocycles. The summed E-state index contributed by atoms with van der Waals surface area (Å²) < 4.78 is 1.40. The summed E-state index contributed by atoms with van der Waals surface area (Å²) in [6, 6.07) is 0.269. The average molecular weight is 272 g/mol. The number of halogens is 1.